The van der Waals surface area contributed by atoms with Gasteiger partial charge in [0.15, 0.2) is 0 Å². The van der Waals surface area contributed by atoms with Gasteiger partial charge in [0.1, 0.15) is 0 Å². The van der Waals surface area contributed by atoms with Crippen molar-refractivity contribution in [2.24, 2.45) is 0 Å². The fourth-order valence-corrected chi connectivity index (χ4v) is 14.1. The molecule has 10 nitrogen and oxygen atoms in total. The van der Waals surface area contributed by atoms with Crippen LogP contribution in [0.5, 0.6) is 0 Å². The third-order valence-corrected chi connectivity index (χ3v) is 19.2. The van der Waals surface area contributed by atoms with Crippen LogP contribution in [-0.4, -0.2) is 49.8 Å². The van der Waals surface area contributed by atoms with Gasteiger partial charge in [-0.15, -0.1) is 0 Å². The van der Waals surface area contributed by atoms with E-state index in [0.717, 1.165) is 199 Å². The van der Waals surface area contributed by atoms with Gasteiger partial charge in [-0.05, 0) is 160 Å². The molecule has 10 heterocycles. The molecule has 0 spiro atoms. The van der Waals surface area contributed by atoms with Gasteiger partial charge < -0.3 is 0 Å². The molecule has 0 aliphatic heterocycles. The Balaban J connectivity index is 0.000000139. The van der Waals surface area contributed by atoms with E-state index in [4.69, 9.17) is 19.9 Å². The molecule has 20 rings (SSSR count). The highest BCUT2D eigenvalue weighted by atomic mass is 14.8. The van der Waals surface area contributed by atoms with Crippen LogP contribution >= 0.6 is 0 Å². The number of benzene rings is 10. The molecule has 0 N–H and O–H groups in total. The molecule has 0 fully saturated rings. The summed E-state index contributed by atoms with van der Waals surface area (Å²) >= 11 is 0. The first kappa shape index (κ1) is 57.7. The summed E-state index contributed by atoms with van der Waals surface area (Å²) < 4.78 is 0. The molecule has 0 bridgehead atoms. The highest BCUT2D eigenvalue weighted by Crippen LogP contribution is 2.39. The van der Waals surface area contributed by atoms with Gasteiger partial charge in [0, 0.05) is 113 Å². The van der Waals surface area contributed by atoms with E-state index in [0.29, 0.717) is 0 Å². The summed E-state index contributed by atoms with van der Waals surface area (Å²) in [7, 11) is 0. The highest BCUT2D eigenvalue weighted by molar-refractivity contribution is 6.11. The van der Waals surface area contributed by atoms with E-state index in [-0.39, 0.29) is 0 Å². The Morgan fingerprint density at radius 1 is 0.160 bits per heavy atom. The lowest BCUT2D eigenvalue weighted by molar-refractivity contribution is 1.37. The lowest BCUT2D eigenvalue weighted by Gasteiger charge is -2.11. The van der Waals surface area contributed by atoms with Crippen LogP contribution in [0.3, 0.4) is 0 Å². The van der Waals surface area contributed by atoms with Gasteiger partial charge in [-0.2, -0.15) is 0 Å². The van der Waals surface area contributed by atoms with Crippen molar-refractivity contribution in [3.05, 3.63) is 328 Å². The average Bonchev–Trinajstić information content (AvgIpc) is 0.790. The lowest BCUT2D eigenvalue weighted by atomic mass is 9.96. The van der Waals surface area contributed by atoms with Crippen LogP contribution in [0.2, 0.25) is 0 Å². The molecule has 10 aromatic heterocycles. The summed E-state index contributed by atoms with van der Waals surface area (Å²) in [4.78, 5) is 47.9. The van der Waals surface area contributed by atoms with Crippen molar-refractivity contribution in [2.75, 3.05) is 0 Å². The molecule has 10 aromatic carbocycles. The number of pyridine rings is 10. The summed E-state index contributed by atoms with van der Waals surface area (Å²) in [6, 6.07) is 102. The molecule has 0 radical (unpaired) electrons. The molecule has 0 unspecified atom stereocenters. The minimum absolute atomic E-state index is 0.921. The molecule has 0 aliphatic carbocycles. The molecule has 20 aromatic rings. The van der Waals surface area contributed by atoms with Crippen LogP contribution in [0, 0.1) is 0 Å². The van der Waals surface area contributed by atoms with Crippen molar-refractivity contribution in [2.45, 2.75) is 0 Å². The first-order chi connectivity index (χ1) is 49.5. The van der Waals surface area contributed by atoms with Crippen molar-refractivity contribution >= 4 is 109 Å². The summed E-state index contributed by atoms with van der Waals surface area (Å²) in [6.07, 6.45) is 11.0. The Hall–Kier alpha value is -13.7. The molecule has 464 valence electrons. The Morgan fingerprint density at radius 2 is 0.490 bits per heavy atom. The predicted octanol–water partition coefficient (Wildman–Crippen LogP) is 22.2. The fourth-order valence-electron chi connectivity index (χ4n) is 14.1. The summed E-state index contributed by atoms with van der Waals surface area (Å²) in [5.41, 5.74) is 26.6. The van der Waals surface area contributed by atoms with Crippen LogP contribution < -0.4 is 0 Å². The maximum Gasteiger partial charge on any atom is 0.0970 e. The van der Waals surface area contributed by atoms with Crippen LogP contribution in [0.1, 0.15) is 0 Å². The van der Waals surface area contributed by atoms with Gasteiger partial charge >= 0.3 is 0 Å². The second-order valence-corrected chi connectivity index (χ2v) is 25.1. The predicted molar refractivity (Wildman–Crippen MR) is 409 cm³/mol. The van der Waals surface area contributed by atoms with E-state index in [1.54, 1.807) is 0 Å². The van der Waals surface area contributed by atoms with Gasteiger partial charge in [-0.1, -0.05) is 176 Å². The molecular weight excluding hydrogens is 1220 g/mol. The Morgan fingerprint density at radius 3 is 0.970 bits per heavy atom. The standard InChI is InChI=1S/2C45H27N5/c1-5-30-6-2-22-46-43(30)37(8-1)42-21-17-34-26-32(15-19-41(34)50-42)31-14-18-40-33(25-31)16-20-39(49-40)29-12-10-28(11-13-29)38-27-35-7-3-23-47-44(35)45-36(38)9-4-24-48-45;1-4-30-5-2-23-46-43(30)38(7-1)42-21-16-35-27-33(14-19-41(35)50-42)32-13-18-40-34(26-32)15-20-39(49-40)29-10-8-28(9-11-29)36-22-25-48-45-37(36)17-12-31-6-3-24-47-44(31)45/h2*1-27H. The molecule has 0 saturated heterocycles. The minimum Gasteiger partial charge on any atom is -0.256 e. The molecular formula is C90H54N10. The first-order valence-electron chi connectivity index (χ1n) is 33.3. The average molecular weight is 1280 g/mol. The number of hydrogen-bond acceptors (Lipinski definition) is 10. The van der Waals surface area contributed by atoms with E-state index >= 15 is 0 Å². The van der Waals surface area contributed by atoms with E-state index in [1.807, 2.05) is 67.5 Å². The number of rotatable bonds is 8. The molecule has 0 saturated carbocycles. The van der Waals surface area contributed by atoms with Crippen molar-refractivity contribution in [3.8, 4) is 89.5 Å². The summed E-state index contributed by atoms with van der Waals surface area (Å²) in [5, 5.41) is 11.0. The summed E-state index contributed by atoms with van der Waals surface area (Å²) in [5.74, 6) is 0. The van der Waals surface area contributed by atoms with E-state index < -0.39 is 0 Å². The van der Waals surface area contributed by atoms with Crippen LogP contribution in [0.25, 0.3) is 199 Å². The topological polar surface area (TPSA) is 129 Å². The number of nitrogens with zero attached hydrogens (tertiary/aromatic N) is 10. The largest absolute Gasteiger partial charge is 0.256 e. The number of aromatic nitrogens is 10. The maximum absolute atomic E-state index is 5.05. The molecule has 0 amide bonds. The monoisotopic (exact) mass is 1270 g/mol. The quantitative estimate of drug-likeness (QED) is 0.136. The first-order valence-corrected chi connectivity index (χ1v) is 33.3. The fraction of sp³-hybridized carbons (Fsp3) is 0. The zero-order chi connectivity index (χ0) is 66.0. The van der Waals surface area contributed by atoms with Gasteiger partial charge in [-0.3, -0.25) is 29.9 Å². The summed E-state index contributed by atoms with van der Waals surface area (Å²) in [6.45, 7) is 0. The van der Waals surface area contributed by atoms with Crippen molar-refractivity contribution in [1.82, 2.24) is 49.8 Å². The van der Waals surface area contributed by atoms with Crippen LogP contribution in [-0.2, 0) is 0 Å². The Kier molecular flexibility index (Phi) is 14.0. The van der Waals surface area contributed by atoms with E-state index in [1.165, 1.54) is 0 Å². The second kappa shape index (κ2) is 24.2. The van der Waals surface area contributed by atoms with Gasteiger partial charge in [-0.25, -0.2) is 19.9 Å². The van der Waals surface area contributed by atoms with Gasteiger partial charge in [0.2, 0.25) is 0 Å². The zero-order valence-corrected chi connectivity index (χ0v) is 53.6. The van der Waals surface area contributed by atoms with Crippen molar-refractivity contribution < 1.29 is 0 Å². The lowest BCUT2D eigenvalue weighted by Crippen LogP contribution is -1.90. The highest BCUT2D eigenvalue weighted by Gasteiger charge is 2.16. The SMILES string of the molecule is c1cnc2c(-c3ccc4cc(-c5ccc6nc(-c7ccc(-c8cc9cccnc9c9ncccc89)cc7)ccc6c5)ccc4n3)cccc2c1.c1cnc2c(-c3ccc4cc(-c5ccc6nc(-c7ccc(-c8ccnc9c8ccc8cccnc89)cc7)ccc6c5)ccc4n3)cccc2c1. The van der Waals surface area contributed by atoms with E-state index in [9.17, 15) is 0 Å². The zero-order valence-electron chi connectivity index (χ0n) is 53.6. The number of hydrogen-bond donors (Lipinski definition) is 0. The Labute approximate surface area is 573 Å². The van der Waals surface area contributed by atoms with Crippen LogP contribution in [0.4, 0.5) is 0 Å². The smallest absolute Gasteiger partial charge is 0.0970 e. The van der Waals surface area contributed by atoms with Gasteiger partial charge in [0.05, 0.1) is 77.9 Å². The Bertz CT molecular complexity index is 6640. The molecule has 0 aliphatic rings. The third-order valence-electron chi connectivity index (χ3n) is 19.2. The van der Waals surface area contributed by atoms with Crippen molar-refractivity contribution in [1.29, 1.82) is 0 Å². The van der Waals surface area contributed by atoms with Crippen LogP contribution in [0.15, 0.2) is 328 Å². The number of para-hydroxylation sites is 2. The van der Waals surface area contributed by atoms with E-state index in [2.05, 4.69) is 291 Å². The maximum atomic E-state index is 5.05. The normalized spacial score (nSPS) is 11.6. The van der Waals surface area contributed by atoms with Crippen molar-refractivity contribution in [3.63, 3.8) is 0 Å². The molecule has 100 heavy (non-hydrogen) atoms. The third kappa shape index (κ3) is 10.5. The molecule has 0 atom stereocenters. The number of fused-ring (bicyclic) bond motifs is 12. The van der Waals surface area contributed by atoms with Gasteiger partial charge in [0.25, 0.3) is 0 Å². The second-order valence-electron chi connectivity index (χ2n) is 25.1. The molecule has 10 heteroatoms. The minimum atomic E-state index is 0.921.